The van der Waals surface area contributed by atoms with Crippen LogP contribution in [0, 0.1) is 0 Å². The van der Waals surface area contributed by atoms with E-state index in [-0.39, 0.29) is 5.69 Å². The standard InChI is InChI=1S/C9H8F5NO/c10-7(11)8(16,9(12,13)14)5-1-3-6(15)4-2-5/h1-4,7,16H,15H2. The zero-order valence-corrected chi connectivity index (χ0v) is 7.80. The number of rotatable bonds is 2. The van der Waals surface area contributed by atoms with Crippen LogP contribution in [0.3, 0.4) is 0 Å². The van der Waals surface area contributed by atoms with Crippen molar-refractivity contribution in [1.29, 1.82) is 0 Å². The van der Waals surface area contributed by atoms with E-state index in [1.807, 2.05) is 0 Å². The summed E-state index contributed by atoms with van der Waals surface area (Å²) in [4.78, 5) is 0. The van der Waals surface area contributed by atoms with E-state index >= 15 is 0 Å². The molecule has 0 amide bonds. The minimum atomic E-state index is -5.46. The van der Waals surface area contributed by atoms with Gasteiger partial charge in [0.15, 0.2) is 0 Å². The molecule has 0 fully saturated rings. The molecule has 0 aliphatic heterocycles. The molecule has 2 nitrogen and oxygen atoms in total. The number of hydrogen-bond acceptors (Lipinski definition) is 2. The summed E-state index contributed by atoms with van der Waals surface area (Å²) in [5.41, 5.74) is 0.212. The molecule has 16 heavy (non-hydrogen) atoms. The highest BCUT2D eigenvalue weighted by Gasteiger charge is 2.61. The van der Waals surface area contributed by atoms with E-state index in [0.29, 0.717) is 0 Å². The van der Waals surface area contributed by atoms with Crippen LogP contribution in [0.15, 0.2) is 24.3 Å². The minimum Gasteiger partial charge on any atom is -0.399 e. The van der Waals surface area contributed by atoms with Crippen molar-refractivity contribution in [3.8, 4) is 0 Å². The summed E-state index contributed by atoms with van der Waals surface area (Å²) in [5.74, 6) is 0. The van der Waals surface area contributed by atoms with Crippen molar-refractivity contribution in [3.63, 3.8) is 0 Å². The average Bonchev–Trinajstić information content (AvgIpc) is 2.15. The first-order valence-corrected chi connectivity index (χ1v) is 4.13. The molecule has 1 rings (SSSR count). The number of alkyl halides is 5. The molecule has 0 saturated heterocycles. The van der Waals surface area contributed by atoms with Gasteiger partial charge in [-0.3, -0.25) is 0 Å². The molecule has 0 spiro atoms. The van der Waals surface area contributed by atoms with Crippen molar-refractivity contribution in [2.45, 2.75) is 18.2 Å². The van der Waals surface area contributed by atoms with Gasteiger partial charge in [0.25, 0.3) is 6.43 Å². The third kappa shape index (κ3) is 1.95. The van der Waals surface area contributed by atoms with Crippen LogP contribution < -0.4 is 5.73 Å². The van der Waals surface area contributed by atoms with Crippen LogP contribution in [0.2, 0.25) is 0 Å². The Morgan fingerprint density at radius 2 is 1.50 bits per heavy atom. The summed E-state index contributed by atoms with van der Waals surface area (Å²) < 4.78 is 61.9. The molecule has 0 saturated carbocycles. The Hall–Kier alpha value is -1.37. The van der Waals surface area contributed by atoms with Crippen LogP contribution in [0.4, 0.5) is 27.6 Å². The van der Waals surface area contributed by atoms with Crippen molar-refractivity contribution in [2.75, 3.05) is 5.73 Å². The van der Waals surface area contributed by atoms with E-state index in [0.717, 1.165) is 24.3 Å². The molecule has 0 aliphatic carbocycles. The zero-order valence-electron chi connectivity index (χ0n) is 7.80. The number of hydrogen-bond donors (Lipinski definition) is 2. The lowest BCUT2D eigenvalue weighted by atomic mass is 9.93. The summed E-state index contributed by atoms with van der Waals surface area (Å²) in [5, 5.41) is 9.07. The lowest BCUT2D eigenvalue weighted by Crippen LogP contribution is -2.48. The van der Waals surface area contributed by atoms with Crippen molar-refractivity contribution in [2.24, 2.45) is 0 Å². The monoisotopic (exact) mass is 241 g/mol. The van der Waals surface area contributed by atoms with Crippen LogP contribution in [0.1, 0.15) is 5.56 Å². The lowest BCUT2D eigenvalue weighted by molar-refractivity contribution is -0.305. The fourth-order valence-electron chi connectivity index (χ4n) is 1.15. The van der Waals surface area contributed by atoms with Gasteiger partial charge in [-0.1, -0.05) is 12.1 Å². The van der Waals surface area contributed by atoms with E-state index in [1.165, 1.54) is 0 Å². The Balaban J connectivity index is 3.28. The van der Waals surface area contributed by atoms with E-state index in [9.17, 15) is 22.0 Å². The minimum absolute atomic E-state index is 0.113. The maximum atomic E-state index is 12.4. The molecule has 0 radical (unpaired) electrons. The van der Waals surface area contributed by atoms with Crippen molar-refractivity contribution in [3.05, 3.63) is 29.8 Å². The molecule has 0 bridgehead atoms. The zero-order chi connectivity index (χ0) is 12.6. The van der Waals surface area contributed by atoms with Gasteiger partial charge < -0.3 is 10.8 Å². The van der Waals surface area contributed by atoms with Gasteiger partial charge in [0.05, 0.1) is 0 Å². The summed E-state index contributed by atoms with van der Waals surface area (Å²) in [6.45, 7) is 0. The Kier molecular flexibility index (Phi) is 3.09. The highest BCUT2D eigenvalue weighted by molar-refractivity contribution is 5.41. The van der Waals surface area contributed by atoms with Gasteiger partial charge in [-0.15, -0.1) is 0 Å². The van der Waals surface area contributed by atoms with Gasteiger partial charge in [-0.2, -0.15) is 13.2 Å². The molecular weight excluding hydrogens is 233 g/mol. The molecule has 1 aromatic rings. The predicted molar refractivity (Wildman–Crippen MR) is 46.8 cm³/mol. The first kappa shape index (κ1) is 12.7. The third-order valence-corrected chi connectivity index (χ3v) is 2.10. The SMILES string of the molecule is Nc1ccc(C(O)(C(F)F)C(F)(F)F)cc1. The molecule has 7 heteroatoms. The lowest BCUT2D eigenvalue weighted by Gasteiger charge is -2.29. The van der Waals surface area contributed by atoms with Gasteiger partial charge in [0, 0.05) is 5.69 Å². The second-order valence-corrected chi connectivity index (χ2v) is 3.19. The number of aliphatic hydroxyl groups is 1. The van der Waals surface area contributed by atoms with Gasteiger partial charge in [0.2, 0.25) is 5.60 Å². The first-order valence-electron chi connectivity index (χ1n) is 4.13. The highest BCUT2D eigenvalue weighted by atomic mass is 19.4. The van der Waals surface area contributed by atoms with Gasteiger partial charge >= 0.3 is 6.18 Å². The fraction of sp³-hybridized carbons (Fsp3) is 0.333. The quantitative estimate of drug-likeness (QED) is 0.616. The largest absolute Gasteiger partial charge is 0.427 e. The number of anilines is 1. The van der Waals surface area contributed by atoms with E-state index < -0.39 is 23.8 Å². The Morgan fingerprint density at radius 1 is 1.06 bits per heavy atom. The van der Waals surface area contributed by atoms with Crippen LogP contribution in [-0.2, 0) is 5.60 Å². The topological polar surface area (TPSA) is 46.2 Å². The number of nitrogens with two attached hydrogens (primary N) is 1. The highest BCUT2D eigenvalue weighted by Crippen LogP contribution is 2.43. The Bertz CT molecular complexity index is 361. The maximum absolute atomic E-state index is 12.4. The molecule has 0 heterocycles. The van der Waals surface area contributed by atoms with E-state index in [1.54, 1.807) is 0 Å². The first-order chi connectivity index (χ1) is 7.19. The van der Waals surface area contributed by atoms with Gasteiger partial charge in [-0.05, 0) is 17.7 Å². The fourth-order valence-corrected chi connectivity index (χ4v) is 1.15. The molecule has 90 valence electrons. The Labute approximate surface area is 87.5 Å². The van der Waals surface area contributed by atoms with E-state index in [2.05, 4.69) is 0 Å². The third-order valence-electron chi connectivity index (χ3n) is 2.10. The number of benzene rings is 1. The molecule has 1 unspecified atom stereocenters. The summed E-state index contributed by atoms with van der Waals surface area (Å²) >= 11 is 0. The van der Waals surface area contributed by atoms with Gasteiger partial charge in [-0.25, -0.2) is 8.78 Å². The molecule has 1 atom stereocenters. The van der Waals surface area contributed by atoms with Crippen molar-refractivity contribution in [1.82, 2.24) is 0 Å². The summed E-state index contributed by atoms with van der Waals surface area (Å²) in [6.07, 6.45) is -9.44. The molecule has 0 aliphatic rings. The number of halogens is 5. The molecule has 3 N–H and O–H groups in total. The summed E-state index contributed by atoms with van der Waals surface area (Å²) in [7, 11) is 0. The molecule has 1 aromatic carbocycles. The smallest absolute Gasteiger partial charge is 0.399 e. The second-order valence-electron chi connectivity index (χ2n) is 3.19. The maximum Gasteiger partial charge on any atom is 0.427 e. The van der Waals surface area contributed by atoms with Crippen LogP contribution in [0.5, 0.6) is 0 Å². The molecule has 0 aromatic heterocycles. The van der Waals surface area contributed by atoms with Crippen LogP contribution >= 0.6 is 0 Å². The van der Waals surface area contributed by atoms with Gasteiger partial charge in [0.1, 0.15) is 0 Å². The van der Waals surface area contributed by atoms with Crippen molar-refractivity contribution >= 4 is 5.69 Å². The van der Waals surface area contributed by atoms with Crippen LogP contribution in [-0.4, -0.2) is 17.7 Å². The second kappa shape index (κ2) is 3.89. The van der Waals surface area contributed by atoms with E-state index in [4.69, 9.17) is 10.8 Å². The van der Waals surface area contributed by atoms with Crippen molar-refractivity contribution < 1.29 is 27.1 Å². The summed E-state index contributed by atoms with van der Waals surface area (Å²) in [6, 6.07) is 3.45. The molecular formula is C9H8F5NO. The predicted octanol–water partition coefficient (Wildman–Crippen LogP) is 2.28. The van der Waals surface area contributed by atoms with Crippen LogP contribution in [0.25, 0.3) is 0 Å². The average molecular weight is 241 g/mol. The Morgan fingerprint density at radius 3 is 1.81 bits per heavy atom. The number of nitrogen functional groups attached to an aromatic ring is 1. The normalized spacial score (nSPS) is 16.2.